The minimum atomic E-state index is -0.992. The quantitative estimate of drug-likeness (QED) is 0.648. The monoisotopic (exact) mass is 230 g/mol. The summed E-state index contributed by atoms with van der Waals surface area (Å²) in [6, 6.07) is -1.19. The number of hydrogen-bond donors (Lipinski definition) is 3. The van der Waals surface area contributed by atoms with Crippen molar-refractivity contribution in [2.75, 3.05) is 0 Å². The Morgan fingerprint density at radius 1 is 1.12 bits per heavy atom. The van der Waals surface area contributed by atoms with E-state index < -0.39 is 18.0 Å². The van der Waals surface area contributed by atoms with Crippen molar-refractivity contribution in [2.45, 2.75) is 52.6 Å². The normalized spacial score (nSPS) is 16.0. The molecule has 94 valence electrons. The second-order valence-corrected chi connectivity index (χ2v) is 4.13. The predicted molar refractivity (Wildman–Crippen MR) is 62.3 cm³/mol. The topological polar surface area (TPSA) is 78.4 Å². The number of hydrogen-bond acceptors (Lipinski definition) is 2. The van der Waals surface area contributed by atoms with Crippen LogP contribution in [0, 0.1) is 5.92 Å². The summed E-state index contributed by atoms with van der Waals surface area (Å²) in [7, 11) is 0. The minimum Gasteiger partial charge on any atom is -0.480 e. The number of aliphatic carboxylic acids is 1. The molecule has 0 rings (SSSR count). The first-order valence-corrected chi connectivity index (χ1v) is 5.72. The second kappa shape index (κ2) is 7.09. The van der Waals surface area contributed by atoms with Crippen LogP contribution in [-0.4, -0.2) is 29.2 Å². The zero-order chi connectivity index (χ0) is 12.7. The number of carboxylic acids is 1. The molecule has 16 heavy (non-hydrogen) atoms. The molecule has 0 aromatic rings. The van der Waals surface area contributed by atoms with E-state index in [1.54, 1.807) is 0 Å². The third kappa shape index (κ3) is 5.00. The Morgan fingerprint density at radius 2 is 1.69 bits per heavy atom. The maximum Gasteiger partial charge on any atom is 0.326 e. The lowest BCUT2D eigenvalue weighted by Gasteiger charge is -2.21. The molecule has 0 aromatic heterocycles. The van der Waals surface area contributed by atoms with Gasteiger partial charge in [0, 0.05) is 6.04 Å². The smallest absolute Gasteiger partial charge is 0.326 e. The zero-order valence-electron chi connectivity index (χ0n) is 10.4. The first-order valence-electron chi connectivity index (χ1n) is 5.72. The molecule has 3 atom stereocenters. The predicted octanol–water partition coefficient (Wildman–Crippen LogP) is 1.58. The fourth-order valence-corrected chi connectivity index (χ4v) is 1.19. The molecule has 1 unspecified atom stereocenters. The second-order valence-electron chi connectivity index (χ2n) is 4.13. The molecule has 0 aliphatic heterocycles. The van der Waals surface area contributed by atoms with Crippen LogP contribution in [0.4, 0.5) is 4.79 Å². The molecule has 0 aliphatic carbocycles. The van der Waals surface area contributed by atoms with E-state index in [1.165, 1.54) is 0 Å². The standard InChI is InChI=1S/C11H22N2O3/c1-5-7(3)9(10(14)15)13-11(16)12-8(4)6-2/h7-9H,5-6H2,1-4H3,(H,14,15)(H2,12,13,16)/t7-,8?,9-/m0/s1. The summed E-state index contributed by atoms with van der Waals surface area (Å²) in [6.07, 6.45) is 1.52. The van der Waals surface area contributed by atoms with Gasteiger partial charge >= 0.3 is 12.0 Å². The van der Waals surface area contributed by atoms with Crippen molar-refractivity contribution in [1.82, 2.24) is 10.6 Å². The fourth-order valence-electron chi connectivity index (χ4n) is 1.19. The number of carbonyl (C=O) groups excluding carboxylic acids is 1. The van der Waals surface area contributed by atoms with Crippen molar-refractivity contribution in [3.63, 3.8) is 0 Å². The van der Waals surface area contributed by atoms with Gasteiger partial charge in [-0.1, -0.05) is 27.2 Å². The summed E-state index contributed by atoms with van der Waals surface area (Å²) in [5, 5.41) is 14.1. The van der Waals surface area contributed by atoms with E-state index in [1.807, 2.05) is 27.7 Å². The summed E-state index contributed by atoms with van der Waals surface area (Å²) in [5.74, 6) is -1.08. The van der Waals surface area contributed by atoms with Gasteiger partial charge in [0.25, 0.3) is 0 Å². The third-order valence-electron chi connectivity index (χ3n) is 2.76. The van der Waals surface area contributed by atoms with Crippen LogP contribution in [0.15, 0.2) is 0 Å². The molecule has 3 N–H and O–H groups in total. The Labute approximate surface area is 96.6 Å². The average molecular weight is 230 g/mol. The van der Waals surface area contributed by atoms with Gasteiger partial charge in [-0.3, -0.25) is 0 Å². The van der Waals surface area contributed by atoms with Crippen LogP contribution in [0.1, 0.15) is 40.5 Å². The van der Waals surface area contributed by atoms with E-state index in [9.17, 15) is 9.59 Å². The average Bonchev–Trinajstić information content (AvgIpc) is 2.24. The molecule has 0 spiro atoms. The summed E-state index contributed by atoms with van der Waals surface area (Å²) in [6.45, 7) is 7.53. The van der Waals surface area contributed by atoms with Crippen LogP contribution in [0.3, 0.4) is 0 Å². The van der Waals surface area contributed by atoms with E-state index >= 15 is 0 Å². The number of urea groups is 1. The van der Waals surface area contributed by atoms with Crippen molar-refractivity contribution < 1.29 is 14.7 Å². The maximum absolute atomic E-state index is 11.5. The van der Waals surface area contributed by atoms with E-state index in [0.29, 0.717) is 6.42 Å². The number of nitrogens with one attached hydrogen (secondary N) is 2. The summed E-state index contributed by atoms with van der Waals surface area (Å²) >= 11 is 0. The summed E-state index contributed by atoms with van der Waals surface area (Å²) < 4.78 is 0. The Morgan fingerprint density at radius 3 is 2.06 bits per heavy atom. The van der Waals surface area contributed by atoms with Crippen molar-refractivity contribution in [2.24, 2.45) is 5.92 Å². The highest BCUT2D eigenvalue weighted by Crippen LogP contribution is 2.07. The molecule has 0 saturated heterocycles. The maximum atomic E-state index is 11.5. The molecule has 5 nitrogen and oxygen atoms in total. The van der Waals surface area contributed by atoms with Gasteiger partial charge in [0.05, 0.1) is 0 Å². The Bertz CT molecular complexity index is 243. The molecule has 0 bridgehead atoms. The van der Waals surface area contributed by atoms with E-state index in [0.717, 1.165) is 6.42 Å². The molecule has 5 heteroatoms. The molecule has 0 fully saturated rings. The first kappa shape index (κ1) is 14.7. The number of carbonyl (C=O) groups is 2. The van der Waals surface area contributed by atoms with Crippen LogP contribution in [-0.2, 0) is 4.79 Å². The Hall–Kier alpha value is -1.26. The minimum absolute atomic E-state index is 0.0476. The van der Waals surface area contributed by atoms with Crippen molar-refractivity contribution in [3.05, 3.63) is 0 Å². The van der Waals surface area contributed by atoms with Crippen LogP contribution in [0.25, 0.3) is 0 Å². The molecule has 2 amide bonds. The van der Waals surface area contributed by atoms with Crippen molar-refractivity contribution in [3.8, 4) is 0 Å². The Balaban J connectivity index is 4.30. The summed E-state index contributed by atoms with van der Waals surface area (Å²) in [4.78, 5) is 22.4. The van der Waals surface area contributed by atoms with Gasteiger partial charge < -0.3 is 15.7 Å². The lowest BCUT2D eigenvalue weighted by molar-refractivity contribution is -0.140. The number of rotatable bonds is 6. The van der Waals surface area contributed by atoms with E-state index in [2.05, 4.69) is 10.6 Å². The molecule has 0 heterocycles. The van der Waals surface area contributed by atoms with Gasteiger partial charge in [-0.05, 0) is 19.3 Å². The van der Waals surface area contributed by atoms with Crippen molar-refractivity contribution >= 4 is 12.0 Å². The van der Waals surface area contributed by atoms with Gasteiger partial charge in [-0.15, -0.1) is 0 Å². The van der Waals surface area contributed by atoms with Gasteiger partial charge in [0.15, 0.2) is 0 Å². The molecule has 0 aliphatic rings. The molecule has 0 aromatic carbocycles. The molecular weight excluding hydrogens is 208 g/mol. The van der Waals surface area contributed by atoms with Crippen LogP contribution < -0.4 is 10.6 Å². The van der Waals surface area contributed by atoms with Crippen molar-refractivity contribution in [1.29, 1.82) is 0 Å². The molecular formula is C11H22N2O3. The van der Waals surface area contributed by atoms with E-state index in [-0.39, 0.29) is 12.0 Å². The van der Waals surface area contributed by atoms with Crippen LogP contribution in [0.2, 0.25) is 0 Å². The third-order valence-corrected chi connectivity index (χ3v) is 2.76. The van der Waals surface area contributed by atoms with Crippen LogP contribution in [0.5, 0.6) is 0 Å². The van der Waals surface area contributed by atoms with Gasteiger partial charge in [0.2, 0.25) is 0 Å². The number of carboxylic acid groups (broad SMARTS) is 1. The molecule has 0 saturated carbocycles. The van der Waals surface area contributed by atoms with E-state index in [4.69, 9.17) is 5.11 Å². The van der Waals surface area contributed by atoms with Gasteiger partial charge in [-0.2, -0.15) is 0 Å². The highest BCUT2D eigenvalue weighted by atomic mass is 16.4. The largest absolute Gasteiger partial charge is 0.480 e. The Kier molecular flexibility index (Phi) is 6.53. The fraction of sp³-hybridized carbons (Fsp3) is 0.818. The van der Waals surface area contributed by atoms with Crippen LogP contribution >= 0.6 is 0 Å². The van der Waals surface area contributed by atoms with Gasteiger partial charge in [-0.25, -0.2) is 9.59 Å². The first-order chi connectivity index (χ1) is 7.42. The highest BCUT2D eigenvalue weighted by Gasteiger charge is 2.25. The number of amides is 2. The zero-order valence-corrected chi connectivity index (χ0v) is 10.4. The lowest BCUT2D eigenvalue weighted by atomic mass is 9.99. The molecule has 0 radical (unpaired) electrons. The summed E-state index contributed by atoms with van der Waals surface area (Å²) in [5.41, 5.74) is 0. The lowest BCUT2D eigenvalue weighted by Crippen LogP contribution is -2.50. The highest BCUT2D eigenvalue weighted by molar-refractivity contribution is 5.82. The SMILES string of the molecule is CCC(C)NC(=O)N[C@H](C(=O)O)[C@@H](C)CC. The van der Waals surface area contributed by atoms with Gasteiger partial charge in [0.1, 0.15) is 6.04 Å².